The van der Waals surface area contributed by atoms with Crippen LogP contribution < -0.4 is 5.32 Å². The Morgan fingerprint density at radius 2 is 2.18 bits per heavy atom. The minimum atomic E-state index is -0.905. The molecular formula is C11H20N2O3S. The number of nitrogens with one attached hydrogen (secondary N) is 1. The second-order valence-electron chi connectivity index (χ2n) is 4.03. The van der Waals surface area contributed by atoms with Gasteiger partial charge in [-0.3, -0.25) is 4.79 Å². The average molecular weight is 260 g/mol. The zero-order chi connectivity index (χ0) is 12.8. The molecule has 1 heterocycles. The fourth-order valence-electron chi connectivity index (χ4n) is 1.87. The molecule has 6 heteroatoms. The van der Waals surface area contributed by atoms with Crippen LogP contribution in [-0.4, -0.2) is 52.1 Å². The Morgan fingerprint density at radius 1 is 1.47 bits per heavy atom. The summed E-state index contributed by atoms with van der Waals surface area (Å²) in [7, 11) is 0. The molecule has 1 rings (SSSR count). The van der Waals surface area contributed by atoms with Crippen LogP contribution in [0.4, 0.5) is 0 Å². The number of rotatable bonds is 6. The molecule has 1 amide bonds. The normalized spacial score (nSPS) is 24.0. The molecule has 0 spiro atoms. The van der Waals surface area contributed by atoms with Crippen molar-refractivity contribution in [2.24, 2.45) is 0 Å². The molecule has 1 saturated heterocycles. The largest absolute Gasteiger partial charge is 0.480 e. The summed E-state index contributed by atoms with van der Waals surface area (Å²) in [5.41, 5.74) is 0. The first kappa shape index (κ1) is 14.3. The summed E-state index contributed by atoms with van der Waals surface area (Å²) in [6.07, 6.45) is 1.75. The van der Waals surface area contributed by atoms with Gasteiger partial charge in [0, 0.05) is 5.75 Å². The molecule has 2 unspecified atom stereocenters. The zero-order valence-electron chi connectivity index (χ0n) is 10.3. The maximum absolute atomic E-state index is 12.0. The maximum Gasteiger partial charge on any atom is 0.327 e. The van der Waals surface area contributed by atoms with Crippen LogP contribution in [0.1, 0.15) is 26.7 Å². The smallest absolute Gasteiger partial charge is 0.327 e. The van der Waals surface area contributed by atoms with Gasteiger partial charge in [-0.2, -0.15) is 0 Å². The number of thioether (sulfide) groups is 1. The van der Waals surface area contributed by atoms with Gasteiger partial charge in [-0.05, 0) is 19.4 Å². The van der Waals surface area contributed by atoms with Crippen LogP contribution in [0, 0.1) is 0 Å². The molecule has 1 fully saturated rings. The van der Waals surface area contributed by atoms with Crippen LogP contribution in [0.2, 0.25) is 0 Å². The topological polar surface area (TPSA) is 69.6 Å². The third kappa shape index (κ3) is 3.61. The van der Waals surface area contributed by atoms with Gasteiger partial charge in [0.15, 0.2) is 0 Å². The van der Waals surface area contributed by atoms with Crippen LogP contribution in [0.15, 0.2) is 0 Å². The number of amides is 1. The van der Waals surface area contributed by atoms with Crippen LogP contribution >= 0.6 is 11.8 Å². The van der Waals surface area contributed by atoms with Gasteiger partial charge in [0.2, 0.25) is 5.91 Å². The summed E-state index contributed by atoms with van der Waals surface area (Å²) < 4.78 is 0. The maximum atomic E-state index is 12.0. The molecule has 0 aliphatic carbocycles. The zero-order valence-corrected chi connectivity index (χ0v) is 11.1. The van der Waals surface area contributed by atoms with Crippen LogP contribution in [0.25, 0.3) is 0 Å². The molecule has 0 aromatic rings. The van der Waals surface area contributed by atoms with Gasteiger partial charge in [-0.25, -0.2) is 4.79 Å². The first-order valence-electron chi connectivity index (χ1n) is 5.98. The number of nitrogens with zero attached hydrogens (tertiary/aromatic N) is 1. The molecule has 0 aromatic heterocycles. The highest BCUT2D eigenvalue weighted by molar-refractivity contribution is 8.00. The summed E-state index contributed by atoms with van der Waals surface area (Å²) >= 11 is 1.55. The Morgan fingerprint density at radius 3 is 2.71 bits per heavy atom. The van der Waals surface area contributed by atoms with E-state index < -0.39 is 12.0 Å². The first-order valence-corrected chi connectivity index (χ1v) is 7.03. The van der Waals surface area contributed by atoms with Crippen LogP contribution in [0.3, 0.4) is 0 Å². The van der Waals surface area contributed by atoms with Crippen molar-refractivity contribution < 1.29 is 14.7 Å². The fraction of sp³-hybridized carbons (Fsp3) is 0.818. The van der Waals surface area contributed by atoms with E-state index in [4.69, 9.17) is 5.11 Å². The van der Waals surface area contributed by atoms with Crippen molar-refractivity contribution in [3.8, 4) is 0 Å². The van der Waals surface area contributed by atoms with Crippen molar-refractivity contribution >= 4 is 23.6 Å². The summed E-state index contributed by atoms with van der Waals surface area (Å²) in [6.45, 7) is 5.01. The Balaban J connectivity index is 2.61. The fourth-order valence-corrected chi connectivity index (χ4v) is 3.23. The molecule has 0 saturated carbocycles. The van der Waals surface area contributed by atoms with Crippen molar-refractivity contribution in [2.75, 3.05) is 18.8 Å². The highest BCUT2D eigenvalue weighted by atomic mass is 32.2. The van der Waals surface area contributed by atoms with Crippen molar-refractivity contribution in [2.45, 2.75) is 38.1 Å². The number of carboxylic acids is 1. The van der Waals surface area contributed by atoms with E-state index in [9.17, 15) is 9.59 Å². The highest BCUT2D eigenvalue weighted by Crippen LogP contribution is 2.31. The van der Waals surface area contributed by atoms with Gasteiger partial charge < -0.3 is 15.3 Å². The van der Waals surface area contributed by atoms with Gasteiger partial charge in [0.05, 0.1) is 11.9 Å². The first-order chi connectivity index (χ1) is 8.11. The minimum absolute atomic E-state index is 0.00651. The summed E-state index contributed by atoms with van der Waals surface area (Å²) in [4.78, 5) is 24.6. The number of carbonyl (C=O) groups excluding carboxylic acids is 1. The van der Waals surface area contributed by atoms with E-state index >= 15 is 0 Å². The standard InChI is InChI=1S/C11H20N2O3S/c1-3-5-12-6-9(14)13-8(11(15)16)7-17-10(13)4-2/h8,10,12H,3-7H2,1-2H3,(H,15,16). The van der Waals surface area contributed by atoms with Gasteiger partial charge in [0.25, 0.3) is 0 Å². The van der Waals surface area contributed by atoms with Gasteiger partial charge in [-0.15, -0.1) is 11.8 Å². The molecule has 1 aliphatic rings. The van der Waals surface area contributed by atoms with Crippen molar-refractivity contribution in [3.05, 3.63) is 0 Å². The van der Waals surface area contributed by atoms with Crippen LogP contribution in [0.5, 0.6) is 0 Å². The monoisotopic (exact) mass is 260 g/mol. The summed E-state index contributed by atoms with van der Waals surface area (Å²) in [6, 6.07) is -0.666. The number of aliphatic carboxylic acids is 1. The molecule has 0 radical (unpaired) electrons. The van der Waals surface area contributed by atoms with E-state index in [1.54, 1.807) is 11.8 Å². The predicted molar refractivity (Wildman–Crippen MR) is 68.0 cm³/mol. The number of carboxylic acid groups (broad SMARTS) is 1. The van der Waals surface area contributed by atoms with Gasteiger partial charge in [0.1, 0.15) is 6.04 Å². The third-order valence-electron chi connectivity index (χ3n) is 2.72. The predicted octanol–water partition coefficient (Wildman–Crippen LogP) is 0.751. The Hall–Kier alpha value is -0.750. The number of hydrogen-bond donors (Lipinski definition) is 2. The second-order valence-corrected chi connectivity index (χ2v) is 5.24. The minimum Gasteiger partial charge on any atom is -0.480 e. The lowest BCUT2D eigenvalue weighted by Gasteiger charge is -2.26. The lowest BCUT2D eigenvalue weighted by Crippen LogP contribution is -2.48. The van der Waals surface area contributed by atoms with Crippen LogP contribution in [-0.2, 0) is 9.59 Å². The Kier molecular flexibility index (Phi) is 5.77. The summed E-state index contributed by atoms with van der Waals surface area (Å²) in [5, 5.41) is 12.1. The molecule has 17 heavy (non-hydrogen) atoms. The number of hydrogen-bond acceptors (Lipinski definition) is 4. The molecule has 98 valence electrons. The molecular weight excluding hydrogens is 240 g/mol. The van der Waals surface area contributed by atoms with E-state index in [2.05, 4.69) is 5.32 Å². The van der Waals surface area contributed by atoms with Crippen molar-refractivity contribution in [3.63, 3.8) is 0 Å². The molecule has 0 bridgehead atoms. The Labute approximate surface area is 106 Å². The molecule has 0 aromatic carbocycles. The lowest BCUT2D eigenvalue weighted by atomic mass is 10.2. The second kappa shape index (κ2) is 6.86. The van der Waals surface area contributed by atoms with E-state index in [-0.39, 0.29) is 17.8 Å². The van der Waals surface area contributed by atoms with E-state index in [1.807, 2.05) is 13.8 Å². The average Bonchev–Trinajstić information content (AvgIpc) is 2.72. The van der Waals surface area contributed by atoms with Crippen molar-refractivity contribution in [1.29, 1.82) is 0 Å². The quantitative estimate of drug-likeness (QED) is 0.690. The highest BCUT2D eigenvalue weighted by Gasteiger charge is 2.40. The van der Waals surface area contributed by atoms with E-state index in [0.29, 0.717) is 5.75 Å². The Bertz CT molecular complexity index is 286. The molecule has 2 atom stereocenters. The van der Waals surface area contributed by atoms with Gasteiger partial charge in [-0.1, -0.05) is 13.8 Å². The number of carbonyl (C=O) groups is 2. The van der Waals surface area contributed by atoms with E-state index in [0.717, 1.165) is 19.4 Å². The van der Waals surface area contributed by atoms with Gasteiger partial charge >= 0.3 is 5.97 Å². The SMILES string of the molecule is CCCNCC(=O)N1C(CC)SCC1C(=O)O. The lowest BCUT2D eigenvalue weighted by molar-refractivity contribution is -0.148. The van der Waals surface area contributed by atoms with E-state index in [1.165, 1.54) is 4.90 Å². The molecule has 1 aliphatic heterocycles. The molecule has 5 nitrogen and oxygen atoms in total. The third-order valence-corrected chi connectivity index (χ3v) is 4.17. The summed E-state index contributed by atoms with van der Waals surface area (Å²) in [5.74, 6) is -0.520. The van der Waals surface area contributed by atoms with Crippen molar-refractivity contribution in [1.82, 2.24) is 10.2 Å². The molecule has 2 N–H and O–H groups in total.